The van der Waals surface area contributed by atoms with Crippen molar-refractivity contribution in [2.45, 2.75) is 170 Å². The van der Waals surface area contributed by atoms with Crippen LogP contribution in [0.5, 0.6) is 0 Å². The van der Waals surface area contributed by atoms with Crippen LogP contribution in [-0.2, 0) is 46.6 Å². The average molecular weight is 1140 g/mol. The number of hydrogen-bond donors (Lipinski definition) is 5. The number of likely N-dealkylation sites (tertiary alicyclic amines) is 6. The Balaban J connectivity index is 0.000000202. The maximum atomic E-state index is 13.6. The Morgan fingerprint density at radius 1 is 0.700 bits per heavy atom. The third kappa shape index (κ3) is 15.0. The third-order valence-electron chi connectivity index (χ3n) is 15.4. The van der Waals surface area contributed by atoms with Crippen molar-refractivity contribution in [2.24, 2.45) is 5.73 Å². The normalized spacial score (nSPS) is 25.8. The van der Waals surface area contributed by atoms with Crippen molar-refractivity contribution >= 4 is 41.3 Å². The minimum Gasteiger partial charge on any atom is -0.444 e. The fourth-order valence-corrected chi connectivity index (χ4v) is 11.7. The number of ether oxygens (including phenoxy) is 1. The Bertz CT molecular complexity index is 2610. The summed E-state index contributed by atoms with van der Waals surface area (Å²) in [7, 11) is 0. The van der Waals surface area contributed by atoms with E-state index in [9.17, 15) is 68.7 Å². The molecule has 5 amide bonds. The molecule has 4 bridgehead atoms. The minimum atomic E-state index is -5.10. The minimum absolute atomic E-state index is 0.0168. The molecule has 0 aromatic heterocycles. The van der Waals surface area contributed by atoms with E-state index in [0.29, 0.717) is 43.5 Å². The van der Waals surface area contributed by atoms with Gasteiger partial charge in [0.15, 0.2) is 5.79 Å². The molecule has 0 radical (unpaired) electrons. The summed E-state index contributed by atoms with van der Waals surface area (Å²) in [5.74, 6) is -8.17. The number of fused-ring (bicyclic) bond motifs is 4. The molecule has 0 aliphatic carbocycles. The predicted octanol–water partition coefficient (Wildman–Crippen LogP) is 3.13. The number of ketones is 2. The summed E-state index contributed by atoms with van der Waals surface area (Å²) in [5.41, 5.74) is 6.42. The number of halogens is 8. The molecule has 442 valence electrons. The second-order valence-electron chi connectivity index (χ2n) is 22.6. The van der Waals surface area contributed by atoms with E-state index < -0.39 is 95.3 Å². The number of nitrogens with one attached hydrogen (secondary N) is 2. The molecular weight excluding hydrogens is 1070 g/mol. The first-order chi connectivity index (χ1) is 37.3. The lowest BCUT2D eigenvalue weighted by Crippen LogP contribution is -2.59. The Morgan fingerprint density at radius 2 is 1.16 bits per heavy atom. The van der Waals surface area contributed by atoms with Gasteiger partial charge in [-0.25, -0.2) is 13.6 Å². The van der Waals surface area contributed by atoms with Gasteiger partial charge in [-0.05, 0) is 121 Å². The lowest BCUT2D eigenvalue weighted by atomic mass is 10.1. The molecule has 7 aliphatic rings. The standard InChI is InChI=1S/C26H32F4N4O5.C21H24F4N4O3.C6H13NO2/c1-25(2,3)39-24(38)31-18(22(36)33-9-5-8-19(33)21(35)26(28,29)30)14-32-13-17-11-20(32)23(37)34(17)12-15-6-4-7-16(27)10-15;22-13-4-1-3-12(7-13)9-29-14-8-17(20(29)32)27(10-14)11-15(26)19(31)28-6-2-5-16(28)18(30)21(23,24)25;1-6(8,9)5-3-2-4-7-5/h4,6-7,10,17-20H,5,8-9,11-14H2,1-3H3,(H,31,38);1,3-4,7,14-17H,2,5-6,8-11,26H2;5,7-9H,2-4H2,1H3/t17-,18-,19?,20?;14-,15-,16?,17?;/m00./s1. The summed E-state index contributed by atoms with van der Waals surface area (Å²) in [6, 6.07) is 4.75. The molecule has 9 rings (SSSR count). The van der Waals surface area contributed by atoms with Crippen LogP contribution >= 0.6 is 0 Å². The van der Waals surface area contributed by atoms with Gasteiger partial charge in [0.2, 0.25) is 23.6 Å². The predicted molar refractivity (Wildman–Crippen MR) is 268 cm³/mol. The van der Waals surface area contributed by atoms with Crippen LogP contribution in [0, 0.1) is 11.6 Å². The van der Waals surface area contributed by atoms with Crippen molar-refractivity contribution in [2.75, 3.05) is 45.8 Å². The monoisotopic (exact) mass is 1140 g/mol. The highest BCUT2D eigenvalue weighted by atomic mass is 19.4. The van der Waals surface area contributed by atoms with Gasteiger partial charge in [0, 0.05) is 64.4 Å². The van der Waals surface area contributed by atoms with Crippen LogP contribution in [-0.4, -0.2) is 205 Å². The van der Waals surface area contributed by atoms with E-state index in [1.807, 2.05) is 0 Å². The largest absolute Gasteiger partial charge is 0.452 e. The molecule has 80 heavy (non-hydrogen) atoms. The Labute approximate surface area is 457 Å². The number of aliphatic hydroxyl groups is 2. The van der Waals surface area contributed by atoms with E-state index in [4.69, 9.17) is 20.7 Å². The van der Waals surface area contributed by atoms with Crippen molar-refractivity contribution in [3.8, 4) is 0 Å². The number of nitrogens with zero attached hydrogens (tertiary/aromatic N) is 6. The van der Waals surface area contributed by atoms with Gasteiger partial charge in [-0.15, -0.1) is 0 Å². The van der Waals surface area contributed by atoms with Crippen LogP contribution in [0.1, 0.15) is 90.2 Å². The van der Waals surface area contributed by atoms with Crippen molar-refractivity contribution in [3.05, 3.63) is 71.3 Å². The number of carbonyl (C=O) groups excluding carboxylic acids is 7. The van der Waals surface area contributed by atoms with E-state index in [0.717, 1.165) is 29.2 Å². The zero-order chi connectivity index (χ0) is 58.8. The Hall–Kier alpha value is -5.87. The molecule has 0 saturated carbocycles. The summed E-state index contributed by atoms with van der Waals surface area (Å²) in [6.45, 7) is 8.35. The zero-order valence-corrected chi connectivity index (χ0v) is 44.8. The number of alkyl carbamates (subject to hydrolysis) is 1. The van der Waals surface area contributed by atoms with Crippen LogP contribution in [0.25, 0.3) is 0 Å². The Kier molecular flexibility index (Phi) is 19.1. The molecule has 27 heteroatoms. The maximum Gasteiger partial charge on any atom is 0.452 e. The molecule has 5 unspecified atom stereocenters. The van der Waals surface area contributed by atoms with Gasteiger partial charge >= 0.3 is 18.4 Å². The molecule has 9 atom stereocenters. The lowest BCUT2D eigenvalue weighted by molar-refractivity contribution is -0.177. The van der Waals surface area contributed by atoms with Crippen molar-refractivity contribution in [1.29, 1.82) is 0 Å². The molecule has 7 heterocycles. The summed E-state index contributed by atoms with van der Waals surface area (Å²) in [5, 5.41) is 23.5. The molecule has 2 aromatic rings. The summed E-state index contributed by atoms with van der Waals surface area (Å²) in [4.78, 5) is 97.0. The van der Waals surface area contributed by atoms with Gasteiger partial charge in [-0.3, -0.25) is 38.6 Å². The Morgan fingerprint density at radius 3 is 1.55 bits per heavy atom. The third-order valence-corrected chi connectivity index (χ3v) is 15.4. The first kappa shape index (κ1) is 61.7. The van der Waals surface area contributed by atoms with Gasteiger partial charge in [0.1, 0.15) is 23.3 Å². The van der Waals surface area contributed by atoms with Crippen LogP contribution in [0.3, 0.4) is 0 Å². The molecule has 7 fully saturated rings. The number of alkyl halides is 6. The maximum absolute atomic E-state index is 13.6. The van der Waals surface area contributed by atoms with E-state index in [-0.39, 0.29) is 94.3 Å². The van der Waals surface area contributed by atoms with Crippen LogP contribution in [0.15, 0.2) is 48.5 Å². The molecule has 7 aliphatic heterocycles. The average Bonchev–Trinajstić information content (AvgIpc) is 4.27. The van der Waals surface area contributed by atoms with Crippen LogP contribution in [0.2, 0.25) is 0 Å². The zero-order valence-electron chi connectivity index (χ0n) is 44.8. The smallest absolute Gasteiger partial charge is 0.444 e. The topological polar surface area (TPSA) is 239 Å². The molecule has 0 spiro atoms. The number of benzene rings is 2. The fraction of sp³-hybridized carbons (Fsp3) is 0.642. The van der Waals surface area contributed by atoms with Gasteiger partial charge in [0.25, 0.3) is 11.6 Å². The number of piperazine rings is 2. The van der Waals surface area contributed by atoms with Gasteiger partial charge in [0.05, 0.1) is 36.3 Å². The van der Waals surface area contributed by atoms with E-state index in [1.165, 1.54) is 31.2 Å². The highest BCUT2D eigenvalue weighted by Gasteiger charge is 2.54. The fourth-order valence-electron chi connectivity index (χ4n) is 11.7. The quantitative estimate of drug-likeness (QED) is 0.135. The van der Waals surface area contributed by atoms with Crippen LogP contribution in [0.4, 0.5) is 39.9 Å². The molecule has 2 aromatic carbocycles. The van der Waals surface area contributed by atoms with Crippen molar-refractivity contribution in [3.63, 3.8) is 0 Å². The number of rotatable bonds is 14. The highest BCUT2D eigenvalue weighted by molar-refractivity contribution is 5.96. The van der Waals surface area contributed by atoms with Gasteiger partial charge in [-0.1, -0.05) is 24.3 Å². The van der Waals surface area contributed by atoms with E-state index in [2.05, 4.69) is 10.6 Å². The first-order valence-corrected chi connectivity index (χ1v) is 26.6. The van der Waals surface area contributed by atoms with E-state index >= 15 is 0 Å². The van der Waals surface area contributed by atoms with Crippen LogP contribution < -0.4 is 16.4 Å². The number of Topliss-reactive ketones (excluding diaryl/α,β-unsaturated/α-hetero) is 2. The number of hydrogen-bond acceptors (Lipinski definition) is 14. The molecule has 19 nitrogen and oxygen atoms in total. The van der Waals surface area contributed by atoms with Gasteiger partial charge in [-0.2, -0.15) is 26.3 Å². The number of carbonyl (C=O) groups is 7. The van der Waals surface area contributed by atoms with Crippen molar-refractivity contribution in [1.82, 2.24) is 40.0 Å². The highest BCUT2D eigenvalue weighted by Crippen LogP contribution is 2.36. The lowest BCUT2D eigenvalue weighted by Gasteiger charge is -2.37. The molecule has 6 N–H and O–H groups in total. The summed E-state index contributed by atoms with van der Waals surface area (Å²) in [6.07, 6.45) is -7.81. The summed E-state index contributed by atoms with van der Waals surface area (Å²) >= 11 is 0. The second kappa shape index (κ2) is 24.7. The van der Waals surface area contributed by atoms with E-state index in [1.54, 1.807) is 64.6 Å². The second-order valence-corrected chi connectivity index (χ2v) is 22.6. The SMILES string of the molecule is CC(C)(C)OC(=O)N[C@@H](CN1C[C@@H]2CC1C(=O)N2Cc1cccc(F)c1)C(=O)N1CCCC1C(=O)C(F)(F)F.CC(O)(O)C1CCCN1.N[C@@H](CN1C[C@@H]2CC1C(=O)N2Cc1cccc(F)c1)C(=O)N1CCCC1C(=O)C(F)(F)F. The van der Waals surface area contributed by atoms with Crippen molar-refractivity contribution < 1.29 is 83.6 Å². The number of amides is 5. The number of nitrogens with two attached hydrogens (primary N) is 1. The molecule has 7 saturated heterocycles. The first-order valence-electron chi connectivity index (χ1n) is 26.6. The molecular formula is C53H69F8N9O10. The van der Waals surface area contributed by atoms with Gasteiger partial charge < -0.3 is 50.9 Å². The summed E-state index contributed by atoms with van der Waals surface area (Å²) < 4.78 is 110.